The lowest BCUT2D eigenvalue weighted by atomic mass is 10.0. The van der Waals surface area contributed by atoms with Crippen molar-refractivity contribution in [2.24, 2.45) is 5.73 Å². The summed E-state index contributed by atoms with van der Waals surface area (Å²) in [7, 11) is 1.62. The van der Waals surface area contributed by atoms with Crippen molar-refractivity contribution >= 4 is 11.6 Å². The minimum absolute atomic E-state index is 0.198. The molecule has 4 nitrogen and oxygen atoms in total. The molecule has 0 bridgehead atoms. The molecule has 0 aliphatic heterocycles. The number of rotatable bonds is 4. The zero-order valence-corrected chi connectivity index (χ0v) is 13.0. The highest BCUT2D eigenvalue weighted by Gasteiger charge is 2.23. The molecular formula is C15H20ClN3O. The molecule has 20 heavy (non-hydrogen) atoms. The number of halogens is 1. The van der Waals surface area contributed by atoms with Gasteiger partial charge in [0.15, 0.2) is 5.75 Å². The average Bonchev–Trinajstić information content (AvgIpc) is 2.81. The van der Waals surface area contributed by atoms with E-state index in [1.54, 1.807) is 13.3 Å². The Morgan fingerprint density at radius 2 is 2.05 bits per heavy atom. The van der Waals surface area contributed by atoms with Crippen molar-refractivity contribution in [2.45, 2.75) is 32.9 Å². The molecule has 0 spiro atoms. The summed E-state index contributed by atoms with van der Waals surface area (Å²) in [6.45, 7) is 6.11. The van der Waals surface area contributed by atoms with Crippen molar-refractivity contribution in [3.05, 3.63) is 46.2 Å². The summed E-state index contributed by atoms with van der Waals surface area (Å²) >= 11 is 6.32. The van der Waals surface area contributed by atoms with Gasteiger partial charge in [0, 0.05) is 11.1 Å². The Labute approximate surface area is 124 Å². The van der Waals surface area contributed by atoms with E-state index in [1.165, 1.54) is 0 Å². The molecule has 1 aromatic carbocycles. The van der Waals surface area contributed by atoms with E-state index < -0.39 is 0 Å². The second-order valence-corrected chi connectivity index (χ2v) is 5.55. The van der Waals surface area contributed by atoms with Crippen molar-refractivity contribution in [3.8, 4) is 5.75 Å². The summed E-state index contributed by atoms with van der Waals surface area (Å²) in [5.41, 5.74) is 9.22. The van der Waals surface area contributed by atoms with E-state index in [4.69, 9.17) is 22.1 Å². The topological polar surface area (TPSA) is 53.1 Å². The number of hydrogen-bond acceptors (Lipinski definition) is 3. The molecule has 1 aromatic heterocycles. The summed E-state index contributed by atoms with van der Waals surface area (Å²) in [6, 6.07) is 5.70. The molecule has 2 rings (SSSR count). The van der Waals surface area contributed by atoms with Gasteiger partial charge in [-0.3, -0.25) is 4.68 Å². The van der Waals surface area contributed by atoms with Crippen LogP contribution in [0.2, 0.25) is 5.02 Å². The first-order valence-corrected chi connectivity index (χ1v) is 6.96. The molecule has 1 heterocycles. The monoisotopic (exact) mass is 293 g/mol. The standard InChI is InChI=1S/C15H20ClN3O/c1-9(2)19-15(13(20-4)8-18-19)14(17)11-6-5-10(3)7-12(11)16/h5-9,14H,17H2,1-4H3. The number of ether oxygens (including phenoxy) is 1. The maximum atomic E-state index is 6.40. The van der Waals surface area contributed by atoms with Crippen molar-refractivity contribution in [1.29, 1.82) is 0 Å². The van der Waals surface area contributed by atoms with E-state index in [0.717, 1.165) is 16.8 Å². The van der Waals surface area contributed by atoms with Crippen molar-refractivity contribution in [3.63, 3.8) is 0 Å². The summed E-state index contributed by atoms with van der Waals surface area (Å²) in [4.78, 5) is 0. The highest BCUT2D eigenvalue weighted by atomic mass is 35.5. The third kappa shape index (κ3) is 2.67. The third-order valence-corrected chi connectivity index (χ3v) is 3.62. The Bertz CT molecular complexity index is 607. The molecule has 2 N–H and O–H groups in total. The van der Waals surface area contributed by atoms with Gasteiger partial charge in [-0.2, -0.15) is 5.10 Å². The number of benzene rings is 1. The summed E-state index contributed by atoms with van der Waals surface area (Å²) in [5.74, 6) is 0.683. The Hall–Kier alpha value is -1.52. The first-order valence-electron chi connectivity index (χ1n) is 6.58. The van der Waals surface area contributed by atoms with E-state index in [1.807, 2.05) is 29.8 Å². The number of nitrogens with zero attached hydrogens (tertiary/aromatic N) is 2. The predicted octanol–water partition coefficient (Wildman–Crippen LogP) is 3.48. The first-order chi connectivity index (χ1) is 9.45. The Balaban J connectivity index is 2.52. The van der Waals surface area contributed by atoms with Crippen LogP contribution in [0.25, 0.3) is 0 Å². The molecule has 5 heteroatoms. The van der Waals surface area contributed by atoms with Crippen LogP contribution in [0.1, 0.15) is 42.8 Å². The second kappa shape index (κ2) is 5.85. The number of hydrogen-bond donors (Lipinski definition) is 1. The fourth-order valence-corrected chi connectivity index (χ4v) is 2.60. The highest BCUT2D eigenvalue weighted by Crippen LogP contribution is 2.33. The van der Waals surface area contributed by atoms with Gasteiger partial charge in [-0.15, -0.1) is 0 Å². The van der Waals surface area contributed by atoms with Gasteiger partial charge >= 0.3 is 0 Å². The maximum absolute atomic E-state index is 6.40. The van der Waals surface area contributed by atoms with Gasteiger partial charge in [0.05, 0.1) is 19.3 Å². The van der Waals surface area contributed by atoms with Crippen LogP contribution in [0.15, 0.2) is 24.4 Å². The quantitative estimate of drug-likeness (QED) is 0.939. The first kappa shape index (κ1) is 14.9. The van der Waals surface area contributed by atoms with Crippen LogP contribution in [0.4, 0.5) is 0 Å². The zero-order valence-electron chi connectivity index (χ0n) is 12.2. The molecule has 0 amide bonds. The predicted molar refractivity (Wildman–Crippen MR) is 81.4 cm³/mol. The van der Waals surface area contributed by atoms with E-state index >= 15 is 0 Å². The lowest BCUT2D eigenvalue weighted by Gasteiger charge is -2.19. The van der Waals surface area contributed by atoms with Gasteiger partial charge in [-0.1, -0.05) is 23.7 Å². The molecule has 0 radical (unpaired) electrons. The molecule has 1 atom stereocenters. The van der Waals surface area contributed by atoms with Gasteiger partial charge < -0.3 is 10.5 Å². The molecular weight excluding hydrogens is 274 g/mol. The summed E-state index contributed by atoms with van der Waals surface area (Å²) < 4.78 is 7.25. The van der Waals surface area contributed by atoms with Gasteiger partial charge in [0.1, 0.15) is 5.69 Å². The smallest absolute Gasteiger partial charge is 0.161 e. The van der Waals surface area contributed by atoms with Gasteiger partial charge in [-0.25, -0.2) is 0 Å². The van der Waals surface area contributed by atoms with Crippen LogP contribution in [0.5, 0.6) is 5.75 Å². The minimum Gasteiger partial charge on any atom is -0.493 e. The number of aryl methyl sites for hydroxylation is 1. The second-order valence-electron chi connectivity index (χ2n) is 5.14. The average molecular weight is 294 g/mol. The van der Waals surface area contributed by atoms with Crippen molar-refractivity contribution in [2.75, 3.05) is 7.11 Å². The fraction of sp³-hybridized carbons (Fsp3) is 0.400. The molecule has 0 fully saturated rings. The van der Waals surface area contributed by atoms with E-state index in [9.17, 15) is 0 Å². The van der Waals surface area contributed by atoms with Crippen molar-refractivity contribution < 1.29 is 4.74 Å². The van der Waals surface area contributed by atoms with E-state index in [-0.39, 0.29) is 12.1 Å². The molecule has 2 aromatic rings. The Morgan fingerprint density at radius 3 is 2.60 bits per heavy atom. The zero-order chi connectivity index (χ0) is 14.9. The lowest BCUT2D eigenvalue weighted by molar-refractivity contribution is 0.401. The SMILES string of the molecule is COc1cnn(C(C)C)c1C(N)c1ccc(C)cc1Cl. The molecule has 0 aliphatic carbocycles. The summed E-state index contributed by atoms with van der Waals surface area (Å²) in [5, 5.41) is 5.01. The van der Waals surface area contributed by atoms with Crippen LogP contribution in [-0.2, 0) is 0 Å². The normalized spacial score (nSPS) is 12.8. The third-order valence-electron chi connectivity index (χ3n) is 3.29. The largest absolute Gasteiger partial charge is 0.493 e. The molecule has 0 saturated heterocycles. The molecule has 0 saturated carbocycles. The number of nitrogens with two attached hydrogens (primary N) is 1. The number of methoxy groups -OCH3 is 1. The van der Waals surface area contributed by atoms with Crippen molar-refractivity contribution in [1.82, 2.24) is 9.78 Å². The molecule has 1 unspecified atom stereocenters. The van der Waals surface area contributed by atoms with Gasteiger partial charge in [0.2, 0.25) is 0 Å². The van der Waals surface area contributed by atoms with E-state index in [0.29, 0.717) is 10.8 Å². The van der Waals surface area contributed by atoms with Crippen LogP contribution < -0.4 is 10.5 Å². The maximum Gasteiger partial charge on any atom is 0.161 e. The van der Waals surface area contributed by atoms with Crippen LogP contribution in [0.3, 0.4) is 0 Å². The van der Waals surface area contributed by atoms with Crippen LogP contribution in [0, 0.1) is 6.92 Å². The Morgan fingerprint density at radius 1 is 1.35 bits per heavy atom. The minimum atomic E-state index is -0.372. The molecule has 0 aliphatic rings. The summed E-state index contributed by atoms with van der Waals surface area (Å²) in [6.07, 6.45) is 1.69. The lowest BCUT2D eigenvalue weighted by Crippen LogP contribution is -2.20. The van der Waals surface area contributed by atoms with Crippen LogP contribution >= 0.6 is 11.6 Å². The van der Waals surface area contributed by atoms with Crippen LogP contribution in [-0.4, -0.2) is 16.9 Å². The van der Waals surface area contributed by atoms with Gasteiger partial charge in [-0.05, 0) is 38.0 Å². The van der Waals surface area contributed by atoms with Gasteiger partial charge in [0.25, 0.3) is 0 Å². The fourth-order valence-electron chi connectivity index (χ4n) is 2.25. The van der Waals surface area contributed by atoms with E-state index in [2.05, 4.69) is 18.9 Å². The number of aromatic nitrogens is 2. The highest BCUT2D eigenvalue weighted by molar-refractivity contribution is 6.31. The Kier molecular flexibility index (Phi) is 4.35. The molecule has 108 valence electrons.